The maximum absolute atomic E-state index is 11.5. The maximum Gasteiger partial charge on any atom is 0.313 e. The predicted molar refractivity (Wildman–Crippen MR) is 61.0 cm³/mol. The van der Waals surface area contributed by atoms with Gasteiger partial charge in [-0.15, -0.1) is 0 Å². The summed E-state index contributed by atoms with van der Waals surface area (Å²) in [6.45, 7) is 0.0496. The Bertz CT molecular complexity index is 420. The van der Waals surface area contributed by atoms with Crippen LogP contribution < -0.4 is 0 Å². The van der Waals surface area contributed by atoms with E-state index in [9.17, 15) is 9.59 Å². The van der Waals surface area contributed by atoms with Gasteiger partial charge in [0.25, 0.3) is 0 Å². The molecule has 0 bridgehead atoms. The van der Waals surface area contributed by atoms with Crippen LogP contribution in [0.2, 0.25) is 0 Å². The van der Waals surface area contributed by atoms with Crippen molar-refractivity contribution in [2.24, 2.45) is 0 Å². The fraction of sp³-hybridized carbons (Fsp3) is 0.308. The van der Waals surface area contributed by atoms with Gasteiger partial charge in [0, 0.05) is 6.42 Å². The van der Waals surface area contributed by atoms with Gasteiger partial charge in [-0.3, -0.25) is 9.59 Å². The molecule has 1 aromatic carbocycles. The molecular weight excluding hydrogens is 218 g/mol. The van der Waals surface area contributed by atoms with Gasteiger partial charge in [-0.2, -0.15) is 5.26 Å². The Hall–Kier alpha value is -2.15. The number of ketones is 1. The maximum atomic E-state index is 11.5. The molecule has 0 aliphatic carbocycles. The Labute approximate surface area is 99.8 Å². The lowest BCUT2D eigenvalue weighted by Crippen LogP contribution is -2.13. The first kappa shape index (κ1) is 12.9. The van der Waals surface area contributed by atoms with Crippen molar-refractivity contribution in [3.05, 3.63) is 35.9 Å². The molecule has 0 aromatic heterocycles. The van der Waals surface area contributed by atoms with Gasteiger partial charge in [0.15, 0.2) is 0 Å². The lowest BCUT2D eigenvalue weighted by molar-refractivity contribution is -0.145. The van der Waals surface area contributed by atoms with Crippen LogP contribution >= 0.6 is 0 Å². The van der Waals surface area contributed by atoms with Crippen molar-refractivity contribution >= 4 is 11.8 Å². The number of carbonyl (C=O) groups excluding carboxylic acids is 2. The molecule has 1 aromatic rings. The number of nitrogens with zero attached hydrogens (tertiary/aromatic N) is 1. The molecular formula is C13H13NO3. The van der Waals surface area contributed by atoms with Gasteiger partial charge in [-0.1, -0.05) is 30.3 Å². The van der Waals surface area contributed by atoms with E-state index in [-0.39, 0.29) is 31.7 Å². The highest BCUT2D eigenvalue weighted by Crippen LogP contribution is 2.02. The number of Topliss-reactive ketones (excluding diaryl/α,β-unsaturated/α-hetero) is 1. The molecule has 0 unspecified atom stereocenters. The monoisotopic (exact) mass is 231 g/mol. The number of ether oxygens (including phenoxy) is 1. The van der Waals surface area contributed by atoms with E-state index in [1.807, 2.05) is 36.4 Å². The minimum atomic E-state index is -0.568. The van der Waals surface area contributed by atoms with Crippen LogP contribution in [0.5, 0.6) is 0 Å². The molecule has 1 rings (SSSR count). The van der Waals surface area contributed by atoms with Gasteiger partial charge in [0.2, 0.25) is 0 Å². The standard InChI is InChI=1S/C13H13NO3/c14-7-4-8-17-13(16)10-12(15)9-11-5-2-1-3-6-11/h1-3,5-6H,4,8-10H2. The molecule has 0 amide bonds. The zero-order valence-electron chi connectivity index (χ0n) is 9.39. The second-order valence-corrected chi connectivity index (χ2v) is 3.51. The molecule has 0 aliphatic rings. The lowest BCUT2D eigenvalue weighted by atomic mass is 10.1. The van der Waals surface area contributed by atoms with Crippen molar-refractivity contribution in [3.8, 4) is 6.07 Å². The molecule has 4 heteroatoms. The first-order valence-corrected chi connectivity index (χ1v) is 5.30. The Morgan fingerprint density at radius 2 is 1.94 bits per heavy atom. The van der Waals surface area contributed by atoms with Gasteiger partial charge in [0.1, 0.15) is 18.8 Å². The summed E-state index contributed by atoms with van der Waals surface area (Å²) in [6, 6.07) is 11.1. The molecule has 0 atom stereocenters. The Kier molecular flexibility index (Phi) is 5.45. The summed E-state index contributed by atoms with van der Waals surface area (Å²) in [4.78, 5) is 22.7. The number of hydrogen-bond acceptors (Lipinski definition) is 4. The molecule has 0 saturated carbocycles. The zero-order chi connectivity index (χ0) is 12.5. The van der Waals surface area contributed by atoms with Gasteiger partial charge in [-0.25, -0.2) is 0 Å². The Morgan fingerprint density at radius 1 is 1.24 bits per heavy atom. The molecule has 4 nitrogen and oxygen atoms in total. The Morgan fingerprint density at radius 3 is 2.59 bits per heavy atom. The predicted octanol–water partition coefficient (Wildman–Crippen LogP) is 1.65. The third-order valence-corrected chi connectivity index (χ3v) is 2.06. The fourth-order valence-corrected chi connectivity index (χ4v) is 1.31. The van der Waals surface area contributed by atoms with Crippen LogP contribution in [0.4, 0.5) is 0 Å². The van der Waals surface area contributed by atoms with Crippen LogP contribution in [-0.2, 0) is 20.7 Å². The molecule has 0 radical (unpaired) electrons. The second-order valence-electron chi connectivity index (χ2n) is 3.51. The van der Waals surface area contributed by atoms with Gasteiger partial charge in [-0.05, 0) is 5.56 Å². The molecule has 0 saturated heterocycles. The number of nitriles is 1. The van der Waals surface area contributed by atoms with E-state index in [2.05, 4.69) is 0 Å². The highest BCUT2D eigenvalue weighted by atomic mass is 16.5. The van der Waals surface area contributed by atoms with Crippen molar-refractivity contribution < 1.29 is 14.3 Å². The summed E-state index contributed by atoms with van der Waals surface area (Å²) in [5.74, 6) is -0.751. The topological polar surface area (TPSA) is 67.2 Å². The van der Waals surface area contributed by atoms with E-state index in [4.69, 9.17) is 10.00 Å². The quantitative estimate of drug-likeness (QED) is 0.424. The normalized spacial score (nSPS) is 9.35. The largest absolute Gasteiger partial charge is 0.464 e. The van der Waals surface area contributed by atoms with Gasteiger partial charge in [0.05, 0.1) is 12.5 Å². The summed E-state index contributed by atoms with van der Waals surface area (Å²) >= 11 is 0. The summed E-state index contributed by atoms with van der Waals surface area (Å²) < 4.78 is 4.71. The first-order chi connectivity index (χ1) is 8.22. The third kappa shape index (κ3) is 5.47. The molecule has 0 heterocycles. The van der Waals surface area contributed by atoms with E-state index in [1.165, 1.54) is 0 Å². The number of benzene rings is 1. The minimum Gasteiger partial charge on any atom is -0.464 e. The van der Waals surface area contributed by atoms with E-state index in [0.29, 0.717) is 0 Å². The lowest BCUT2D eigenvalue weighted by Gasteiger charge is -2.02. The van der Waals surface area contributed by atoms with Crippen molar-refractivity contribution in [1.29, 1.82) is 5.26 Å². The van der Waals surface area contributed by atoms with Crippen LogP contribution in [0.15, 0.2) is 30.3 Å². The average molecular weight is 231 g/mol. The van der Waals surface area contributed by atoms with Gasteiger partial charge < -0.3 is 4.74 Å². The van der Waals surface area contributed by atoms with Crippen LogP contribution in [0.1, 0.15) is 18.4 Å². The molecule has 88 valence electrons. The SMILES string of the molecule is N#CCCOC(=O)CC(=O)Cc1ccccc1. The minimum absolute atomic E-state index is 0.0496. The molecule has 0 fully saturated rings. The Balaban J connectivity index is 2.30. The summed E-state index contributed by atoms with van der Waals surface area (Å²) in [5, 5.41) is 8.25. The molecule has 0 N–H and O–H groups in total. The van der Waals surface area contributed by atoms with E-state index >= 15 is 0 Å². The molecule has 17 heavy (non-hydrogen) atoms. The summed E-state index contributed by atoms with van der Waals surface area (Å²) in [5.41, 5.74) is 0.877. The summed E-state index contributed by atoms with van der Waals surface area (Å²) in [6.07, 6.45) is 0.146. The van der Waals surface area contributed by atoms with Crippen LogP contribution in [0.3, 0.4) is 0 Å². The molecule has 0 aliphatic heterocycles. The average Bonchev–Trinajstić information content (AvgIpc) is 2.30. The second kappa shape index (κ2) is 7.18. The summed E-state index contributed by atoms with van der Waals surface area (Å²) in [7, 11) is 0. The van der Waals surface area contributed by atoms with Crippen molar-refractivity contribution in [1.82, 2.24) is 0 Å². The van der Waals surface area contributed by atoms with Crippen molar-refractivity contribution in [2.45, 2.75) is 19.3 Å². The zero-order valence-corrected chi connectivity index (χ0v) is 9.39. The third-order valence-electron chi connectivity index (χ3n) is 2.06. The first-order valence-electron chi connectivity index (χ1n) is 5.30. The van der Waals surface area contributed by atoms with Crippen LogP contribution in [0.25, 0.3) is 0 Å². The van der Waals surface area contributed by atoms with Crippen LogP contribution in [-0.4, -0.2) is 18.4 Å². The van der Waals surface area contributed by atoms with E-state index in [0.717, 1.165) is 5.56 Å². The highest BCUT2D eigenvalue weighted by Gasteiger charge is 2.10. The van der Waals surface area contributed by atoms with Gasteiger partial charge >= 0.3 is 5.97 Å². The molecule has 0 spiro atoms. The number of hydrogen-bond donors (Lipinski definition) is 0. The van der Waals surface area contributed by atoms with E-state index in [1.54, 1.807) is 0 Å². The smallest absolute Gasteiger partial charge is 0.313 e. The number of rotatable bonds is 6. The van der Waals surface area contributed by atoms with Crippen LogP contribution in [0, 0.1) is 11.3 Å². The number of carbonyl (C=O) groups is 2. The highest BCUT2D eigenvalue weighted by molar-refractivity contribution is 5.96. The number of esters is 1. The van der Waals surface area contributed by atoms with Crippen molar-refractivity contribution in [3.63, 3.8) is 0 Å². The van der Waals surface area contributed by atoms with E-state index < -0.39 is 5.97 Å². The van der Waals surface area contributed by atoms with Crippen molar-refractivity contribution in [2.75, 3.05) is 6.61 Å². The fourth-order valence-electron chi connectivity index (χ4n) is 1.31.